The van der Waals surface area contributed by atoms with Gasteiger partial charge >= 0.3 is 0 Å². The van der Waals surface area contributed by atoms with E-state index in [4.69, 9.17) is 32.7 Å². The number of hydrogen-bond acceptors (Lipinski definition) is 4. The third-order valence-corrected chi connectivity index (χ3v) is 8.47. The quantitative estimate of drug-likeness (QED) is 0.272. The first-order valence-corrected chi connectivity index (χ1v) is 14.4. The zero-order chi connectivity index (χ0) is 27.5. The van der Waals surface area contributed by atoms with Crippen LogP contribution in [0.15, 0.2) is 54.6 Å². The second kappa shape index (κ2) is 12.2. The Kier molecular flexibility index (Phi) is 8.70. The number of ether oxygens (including phenoxy) is 2. The summed E-state index contributed by atoms with van der Waals surface area (Å²) in [7, 11) is 0. The van der Waals surface area contributed by atoms with Crippen LogP contribution in [0.2, 0.25) is 10.0 Å². The summed E-state index contributed by atoms with van der Waals surface area (Å²) in [6.45, 7) is 9.10. The van der Waals surface area contributed by atoms with Gasteiger partial charge in [0.2, 0.25) is 5.91 Å². The highest BCUT2D eigenvalue weighted by atomic mass is 35.5. The SMILES string of the molecule is Cc1cc(Cl)c(OCCOc2ccc(C3CNCC3C(=O)N(Cc3cccc(C)c3C)C3CC3)cc2)c(Cl)c1. The molecule has 2 atom stereocenters. The second-order valence-corrected chi connectivity index (χ2v) is 11.6. The minimum absolute atomic E-state index is 0.0695. The molecule has 2 aliphatic rings. The van der Waals surface area contributed by atoms with Crippen LogP contribution in [0.5, 0.6) is 11.5 Å². The van der Waals surface area contributed by atoms with Crippen LogP contribution in [0.3, 0.4) is 0 Å². The van der Waals surface area contributed by atoms with E-state index in [9.17, 15) is 4.79 Å². The van der Waals surface area contributed by atoms with Crippen molar-refractivity contribution in [3.63, 3.8) is 0 Å². The number of nitrogens with zero attached hydrogens (tertiary/aromatic N) is 1. The van der Waals surface area contributed by atoms with Gasteiger partial charge in [-0.25, -0.2) is 0 Å². The lowest BCUT2D eigenvalue weighted by Crippen LogP contribution is -2.40. The van der Waals surface area contributed by atoms with Crippen molar-refractivity contribution in [3.8, 4) is 11.5 Å². The molecule has 5 nitrogen and oxygen atoms in total. The molecule has 7 heteroatoms. The van der Waals surface area contributed by atoms with E-state index in [0.29, 0.717) is 48.1 Å². The van der Waals surface area contributed by atoms with Crippen molar-refractivity contribution in [2.24, 2.45) is 5.92 Å². The van der Waals surface area contributed by atoms with Crippen molar-refractivity contribution in [2.75, 3.05) is 26.3 Å². The van der Waals surface area contributed by atoms with Gasteiger partial charge in [-0.3, -0.25) is 4.79 Å². The smallest absolute Gasteiger partial charge is 0.228 e. The van der Waals surface area contributed by atoms with Crippen LogP contribution >= 0.6 is 23.2 Å². The number of carbonyl (C=O) groups excluding carboxylic acids is 1. The molecule has 1 amide bonds. The van der Waals surface area contributed by atoms with Crippen molar-refractivity contribution in [2.45, 2.75) is 52.1 Å². The van der Waals surface area contributed by atoms with Crippen molar-refractivity contribution in [3.05, 3.63) is 92.5 Å². The van der Waals surface area contributed by atoms with E-state index < -0.39 is 0 Å². The number of carbonyl (C=O) groups is 1. The number of benzene rings is 3. The maximum absolute atomic E-state index is 13.9. The van der Waals surface area contributed by atoms with Crippen LogP contribution in [0.4, 0.5) is 0 Å². The Hall–Kier alpha value is -2.73. The monoisotopic (exact) mass is 566 g/mol. The average Bonchev–Trinajstić information content (AvgIpc) is 3.63. The molecule has 1 N–H and O–H groups in total. The van der Waals surface area contributed by atoms with Crippen LogP contribution in [0.1, 0.15) is 46.6 Å². The summed E-state index contributed by atoms with van der Waals surface area (Å²) in [6.07, 6.45) is 2.19. The third kappa shape index (κ3) is 6.54. The highest BCUT2D eigenvalue weighted by Gasteiger charge is 2.41. The molecule has 206 valence electrons. The molecule has 0 radical (unpaired) electrons. The summed E-state index contributed by atoms with van der Waals surface area (Å²) in [5.74, 6) is 1.57. The summed E-state index contributed by atoms with van der Waals surface area (Å²) in [5, 5.41) is 4.45. The number of aryl methyl sites for hydroxylation is 2. The molecule has 1 saturated heterocycles. The first-order valence-electron chi connectivity index (χ1n) is 13.7. The molecule has 1 aliphatic heterocycles. The molecule has 2 fully saturated rings. The fraction of sp³-hybridized carbons (Fsp3) is 0.406. The Labute approximate surface area is 241 Å². The van der Waals surface area contributed by atoms with Gasteiger partial charge in [-0.1, -0.05) is 53.5 Å². The van der Waals surface area contributed by atoms with E-state index in [1.807, 2.05) is 31.2 Å². The fourth-order valence-corrected chi connectivity index (χ4v) is 6.09. The summed E-state index contributed by atoms with van der Waals surface area (Å²) in [4.78, 5) is 16.0. The molecule has 3 aromatic carbocycles. The van der Waals surface area contributed by atoms with Crippen molar-refractivity contribution >= 4 is 29.1 Å². The number of halogens is 2. The summed E-state index contributed by atoms with van der Waals surface area (Å²) >= 11 is 12.5. The molecular formula is C32H36Cl2N2O3. The Morgan fingerprint density at radius 1 is 0.949 bits per heavy atom. The van der Waals surface area contributed by atoms with E-state index in [1.54, 1.807) is 0 Å². The van der Waals surface area contributed by atoms with Gasteiger partial charge in [0.05, 0.1) is 16.0 Å². The first kappa shape index (κ1) is 27.8. The average molecular weight is 568 g/mol. The lowest BCUT2D eigenvalue weighted by atomic mass is 9.87. The zero-order valence-corrected chi connectivity index (χ0v) is 24.3. The van der Waals surface area contributed by atoms with Crippen molar-refractivity contribution in [1.82, 2.24) is 10.2 Å². The molecule has 0 aromatic heterocycles. The summed E-state index contributed by atoms with van der Waals surface area (Å²) in [6, 6.07) is 18.5. The van der Waals surface area contributed by atoms with E-state index in [-0.39, 0.29) is 17.7 Å². The number of amides is 1. The van der Waals surface area contributed by atoms with Crippen LogP contribution in [-0.4, -0.2) is 43.2 Å². The molecule has 0 spiro atoms. The molecule has 3 aromatic rings. The van der Waals surface area contributed by atoms with Crippen LogP contribution < -0.4 is 14.8 Å². The highest BCUT2D eigenvalue weighted by Crippen LogP contribution is 2.36. The van der Waals surface area contributed by atoms with Crippen LogP contribution in [0, 0.1) is 26.7 Å². The van der Waals surface area contributed by atoms with Gasteiger partial charge in [0.15, 0.2) is 5.75 Å². The summed E-state index contributed by atoms with van der Waals surface area (Å²) in [5.41, 5.74) is 5.94. The molecule has 5 rings (SSSR count). The van der Waals surface area contributed by atoms with Crippen molar-refractivity contribution < 1.29 is 14.3 Å². The molecular weight excluding hydrogens is 531 g/mol. The normalized spacial score (nSPS) is 18.7. The predicted octanol–water partition coefficient (Wildman–Crippen LogP) is 6.87. The molecule has 1 saturated carbocycles. The van der Waals surface area contributed by atoms with Gasteiger partial charge in [0.25, 0.3) is 0 Å². The molecule has 0 bridgehead atoms. The number of rotatable bonds is 10. The van der Waals surface area contributed by atoms with E-state index in [0.717, 1.165) is 36.3 Å². The van der Waals surface area contributed by atoms with E-state index >= 15 is 0 Å². The lowest BCUT2D eigenvalue weighted by molar-refractivity contribution is -0.136. The number of hydrogen-bond donors (Lipinski definition) is 1. The van der Waals surface area contributed by atoms with E-state index in [1.165, 1.54) is 16.7 Å². The maximum atomic E-state index is 13.9. The highest BCUT2D eigenvalue weighted by molar-refractivity contribution is 6.37. The lowest BCUT2D eigenvalue weighted by Gasteiger charge is -2.29. The van der Waals surface area contributed by atoms with Gasteiger partial charge in [0.1, 0.15) is 19.0 Å². The Bertz CT molecular complexity index is 1300. The van der Waals surface area contributed by atoms with Gasteiger partial charge in [-0.15, -0.1) is 0 Å². The fourth-order valence-electron chi connectivity index (χ4n) is 5.38. The third-order valence-electron chi connectivity index (χ3n) is 7.91. The Balaban J connectivity index is 1.19. The molecule has 1 aliphatic carbocycles. The van der Waals surface area contributed by atoms with Gasteiger partial charge in [-0.2, -0.15) is 0 Å². The van der Waals surface area contributed by atoms with Crippen LogP contribution in [-0.2, 0) is 11.3 Å². The summed E-state index contributed by atoms with van der Waals surface area (Å²) < 4.78 is 11.6. The Morgan fingerprint density at radius 3 is 2.33 bits per heavy atom. The minimum atomic E-state index is -0.0695. The first-order chi connectivity index (χ1) is 18.8. The zero-order valence-electron chi connectivity index (χ0n) is 22.8. The molecule has 1 heterocycles. The van der Waals surface area contributed by atoms with Gasteiger partial charge in [0, 0.05) is 31.6 Å². The Morgan fingerprint density at radius 2 is 1.64 bits per heavy atom. The van der Waals surface area contributed by atoms with Gasteiger partial charge < -0.3 is 19.7 Å². The topological polar surface area (TPSA) is 50.8 Å². The largest absolute Gasteiger partial charge is 0.490 e. The van der Waals surface area contributed by atoms with Crippen LogP contribution in [0.25, 0.3) is 0 Å². The van der Waals surface area contributed by atoms with E-state index in [2.05, 4.69) is 54.4 Å². The van der Waals surface area contributed by atoms with Crippen molar-refractivity contribution in [1.29, 1.82) is 0 Å². The minimum Gasteiger partial charge on any atom is -0.490 e. The standard InChI is InChI=1S/C32H36Cl2N2O3/c1-20-15-29(33)31(30(34)16-20)39-14-13-38-26-11-7-23(8-12-26)27-17-35-18-28(27)32(37)36(25-9-10-25)19-24-6-4-5-21(2)22(24)3/h4-8,11-12,15-16,25,27-28,35H,9-10,13-14,17-19H2,1-3H3. The predicted molar refractivity (Wildman–Crippen MR) is 157 cm³/mol. The molecule has 39 heavy (non-hydrogen) atoms. The molecule has 2 unspecified atom stereocenters. The second-order valence-electron chi connectivity index (χ2n) is 10.8. The number of nitrogens with one attached hydrogen (secondary N) is 1. The van der Waals surface area contributed by atoms with Gasteiger partial charge in [-0.05, 0) is 85.7 Å². The maximum Gasteiger partial charge on any atom is 0.228 e.